The van der Waals surface area contributed by atoms with Crippen LogP contribution >= 0.6 is 24.0 Å². The maximum Gasteiger partial charge on any atom is 0.188 e. The molecule has 1 aliphatic heterocycles. The standard InChI is InChI=1S/C20H32N4O.HI/c1-25-18-10-8-17(9-11-18)19(24-12-3-2-4-13-24)15-23-20(21)22-14-16-6-5-7-16;/h8-11,16,19H,2-7,12-15H2,1H3,(H3,21,22,23);1H. The highest BCUT2D eigenvalue weighted by molar-refractivity contribution is 14.0. The van der Waals surface area contributed by atoms with E-state index < -0.39 is 0 Å². The van der Waals surface area contributed by atoms with E-state index in [1.54, 1.807) is 7.11 Å². The Morgan fingerprint density at radius 3 is 2.46 bits per heavy atom. The van der Waals surface area contributed by atoms with Crippen LogP contribution in [0.2, 0.25) is 0 Å². The van der Waals surface area contributed by atoms with Gasteiger partial charge in [0.1, 0.15) is 5.75 Å². The lowest BCUT2D eigenvalue weighted by atomic mass is 9.85. The number of benzene rings is 1. The number of nitrogens with zero attached hydrogens (tertiary/aromatic N) is 2. The molecule has 0 spiro atoms. The van der Waals surface area contributed by atoms with Gasteiger partial charge in [0.05, 0.1) is 19.7 Å². The van der Waals surface area contributed by atoms with Crippen molar-refractivity contribution in [1.29, 1.82) is 0 Å². The number of rotatable bonds is 7. The summed E-state index contributed by atoms with van der Waals surface area (Å²) in [6.07, 6.45) is 7.88. The van der Waals surface area contributed by atoms with Crippen molar-refractivity contribution in [2.75, 3.05) is 33.3 Å². The Labute approximate surface area is 174 Å². The molecule has 26 heavy (non-hydrogen) atoms. The fourth-order valence-electron chi connectivity index (χ4n) is 3.67. The summed E-state index contributed by atoms with van der Waals surface area (Å²) in [6.45, 7) is 3.95. The van der Waals surface area contributed by atoms with Crippen LogP contribution < -0.4 is 15.8 Å². The van der Waals surface area contributed by atoms with Gasteiger partial charge in [0, 0.05) is 6.54 Å². The molecule has 3 rings (SSSR count). The van der Waals surface area contributed by atoms with Gasteiger partial charge >= 0.3 is 0 Å². The molecule has 0 aromatic heterocycles. The van der Waals surface area contributed by atoms with Crippen LogP contribution in [0.25, 0.3) is 0 Å². The topological polar surface area (TPSA) is 62.9 Å². The van der Waals surface area contributed by atoms with Crippen LogP contribution in [0.1, 0.15) is 50.1 Å². The van der Waals surface area contributed by atoms with Crippen molar-refractivity contribution < 1.29 is 4.74 Å². The van der Waals surface area contributed by atoms with Gasteiger partial charge in [-0.25, -0.2) is 0 Å². The van der Waals surface area contributed by atoms with Gasteiger partial charge < -0.3 is 15.8 Å². The Hall–Kier alpha value is -1.02. The molecule has 1 heterocycles. The minimum atomic E-state index is 0. The van der Waals surface area contributed by atoms with Gasteiger partial charge in [-0.15, -0.1) is 24.0 Å². The number of nitrogens with two attached hydrogens (primary N) is 1. The first-order valence-electron chi connectivity index (χ1n) is 9.68. The van der Waals surface area contributed by atoms with Crippen LogP contribution in [0.4, 0.5) is 0 Å². The fourth-order valence-corrected chi connectivity index (χ4v) is 3.67. The molecule has 1 aliphatic carbocycles. The highest BCUT2D eigenvalue weighted by Gasteiger charge is 2.22. The van der Waals surface area contributed by atoms with E-state index >= 15 is 0 Å². The van der Waals surface area contributed by atoms with E-state index in [1.807, 2.05) is 12.1 Å². The molecule has 146 valence electrons. The minimum Gasteiger partial charge on any atom is -0.497 e. The maximum atomic E-state index is 6.10. The zero-order valence-corrected chi connectivity index (χ0v) is 18.2. The molecule has 1 unspecified atom stereocenters. The van der Waals surface area contributed by atoms with Crippen LogP contribution in [0.15, 0.2) is 29.3 Å². The number of methoxy groups -OCH3 is 1. The maximum absolute atomic E-state index is 6.10. The van der Waals surface area contributed by atoms with Crippen LogP contribution in [0.5, 0.6) is 5.75 Å². The molecule has 0 amide bonds. The lowest BCUT2D eigenvalue weighted by Gasteiger charge is -2.34. The van der Waals surface area contributed by atoms with E-state index in [0.717, 1.165) is 31.3 Å². The molecule has 2 aliphatic rings. The van der Waals surface area contributed by atoms with Gasteiger partial charge in [0.15, 0.2) is 5.96 Å². The summed E-state index contributed by atoms with van der Waals surface area (Å²) >= 11 is 0. The molecule has 3 N–H and O–H groups in total. The number of ether oxygens (including phenoxy) is 1. The average Bonchev–Trinajstić information content (AvgIpc) is 2.62. The number of hydrogen-bond donors (Lipinski definition) is 2. The number of likely N-dealkylation sites (tertiary alicyclic amines) is 1. The second-order valence-electron chi connectivity index (χ2n) is 7.29. The van der Waals surface area contributed by atoms with Crippen LogP contribution in [0, 0.1) is 5.92 Å². The summed E-state index contributed by atoms with van der Waals surface area (Å²) in [6, 6.07) is 8.68. The third-order valence-corrected chi connectivity index (χ3v) is 5.56. The number of guanidine groups is 1. The zero-order valence-electron chi connectivity index (χ0n) is 15.8. The quantitative estimate of drug-likeness (QED) is 0.362. The summed E-state index contributed by atoms with van der Waals surface area (Å²) in [5, 5.41) is 3.30. The molecule has 6 heteroatoms. The van der Waals surface area contributed by atoms with E-state index in [2.05, 4.69) is 27.3 Å². The van der Waals surface area contributed by atoms with Crippen LogP contribution in [0.3, 0.4) is 0 Å². The first kappa shape index (κ1) is 21.3. The summed E-state index contributed by atoms with van der Waals surface area (Å²) in [5.41, 5.74) is 7.39. The van der Waals surface area contributed by atoms with Crippen molar-refractivity contribution in [3.8, 4) is 5.75 Å². The third kappa shape index (κ3) is 6.01. The molecular formula is C20H33IN4O. The van der Waals surface area contributed by atoms with Crippen LogP contribution in [-0.2, 0) is 0 Å². The Morgan fingerprint density at radius 2 is 1.88 bits per heavy atom. The highest BCUT2D eigenvalue weighted by Crippen LogP contribution is 2.27. The second kappa shape index (κ2) is 11.0. The Bertz CT molecular complexity index is 553. The second-order valence-corrected chi connectivity index (χ2v) is 7.29. The molecule has 5 nitrogen and oxygen atoms in total. The van der Waals surface area contributed by atoms with Gasteiger partial charge in [0.25, 0.3) is 0 Å². The summed E-state index contributed by atoms with van der Waals surface area (Å²) in [4.78, 5) is 7.21. The normalized spacial score (nSPS) is 20.0. The Balaban J connectivity index is 0.00000243. The van der Waals surface area contributed by atoms with Crippen molar-refractivity contribution in [1.82, 2.24) is 10.2 Å². The molecule has 2 fully saturated rings. The van der Waals surface area contributed by atoms with Crippen molar-refractivity contribution >= 4 is 29.9 Å². The SMILES string of the molecule is COc1ccc(C(CN=C(N)NCC2CCC2)N2CCCCC2)cc1.I. The predicted molar refractivity (Wildman–Crippen MR) is 118 cm³/mol. The number of piperidine rings is 1. The fraction of sp³-hybridized carbons (Fsp3) is 0.650. The van der Waals surface area contributed by atoms with Crippen molar-refractivity contribution in [2.24, 2.45) is 16.6 Å². The lowest BCUT2D eigenvalue weighted by Crippen LogP contribution is -2.39. The largest absolute Gasteiger partial charge is 0.497 e. The van der Waals surface area contributed by atoms with E-state index in [-0.39, 0.29) is 30.0 Å². The van der Waals surface area contributed by atoms with Crippen molar-refractivity contribution in [3.63, 3.8) is 0 Å². The first-order valence-corrected chi connectivity index (χ1v) is 9.68. The van der Waals surface area contributed by atoms with E-state index in [0.29, 0.717) is 12.5 Å². The molecule has 1 saturated carbocycles. The van der Waals surface area contributed by atoms with E-state index in [9.17, 15) is 0 Å². The van der Waals surface area contributed by atoms with Gasteiger partial charge in [-0.05, 0) is 62.4 Å². The molecule has 0 bridgehead atoms. The Kier molecular flexibility index (Phi) is 8.98. The molecular weight excluding hydrogens is 439 g/mol. The summed E-state index contributed by atoms with van der Waals surface area (Å²) < 4.78 is 5.29. The van der Waals surface area contributed by atoms with Gasteiger partial charge in [0.2, 0.25) is 0 Å². The number of hydrogen-bond acceptors (Lipinski definition) is 3. The first-order chi connectivity index (χ1) is 12.3. The van der Waals surface area contributed by atoms with Gasteiger partial charge in [-0.2, -0.15) is 0 Å². The third-order valence-electron chi connectivity index (χ3n) is 5.56. The smallest absolute Gasteiger partial charge is 0.188 e. The van der Waals surface area contributed by atoms with Crippen molar-refractivity contribution in [3.05, 3.63) is 29.8 Å². The lowest BCUT2D eigenvalue weighted by molar-refractivity contribution is 0.167. The molecule has 1 saturated heterocycles. The molecule has 1 atom stereocenters. The zero-order chi connectivity index (χ0) is 17.5. The molecule has 0 radical (unpaired) electrons. The average molecular weight is 472 g/mol. The Morgan fingerprint density at radius 1 is 1.19 bits per heavy atom. The van der Waals surface area contributed by atoms with Gasteiger partial charge in [-0.1, -0.05) is 25.0 Å². The summed E-state index contributed by atoms with van der Waals surface area (Å²) in [5.74, 6) is 2.27. The number of aliphatic imine (C=N–C) groups is 1. The number of halogens is 1. The monoisotopic (exact) mass is 472 g/mol. The predicted octanol–water partition coefficient (Wildman–Crippen LogP) is 3.54. The van der Waals surface area contributed by atoms with Crippen LogP contribution in [-0.4, -0.2) is 44.1 Å². The number of nitrogens with one attached hydrogen (secondary N) is 1. The molecule has 1 aromatic rings. The van der Waals surface area contributed by atoms with Crippen molar-refractivity contribution in [2.45, 2.75) is 44.6 Å². The van der Waals surface area contributed by atoms with E-state index in [4.69, 9.17) is 10.5 Å². The minimum absolute atomic E-state index is 0. The highest BCUT2D eigenvalue weighted by atomic mass is 127. The van der Waals surface area contributed by atoms with Gasteiger partial charge in [-0.3, -0.25) is 9.89 Å². The van der Waals surface area contributed by atoms with E-state index in [1.165, 1.54) is 44.1 Å². The summed E-state index contributed by atoms with van der Waals surface area (Å²) in [7, 11) is 1.70. The molecule has 1 aromatic carbocycles.